The summed E-state index contributed by atoms with van der Waals surface area (Å²) in [7, 11) is 0. The van der Waals surface area contributed by atoms with Crippen LogP contribution in [0.1, 0.15) is 36.0 Å². The molecule has 3 rings (SSSR count). The molecule has 8 heteroatoms. The lowest BCUT2D eigenvalue weighted by atomic mass is 9.89. The third kappa shape index (κ3) is 3.55. The Morgan fingerprint density at radius 3 is 2.67 bits per heavy atom. The summed E-state index contributed by atoms with van der Waals surface area (Å²) in [5.74, 6) is -0.348. The number of carbonyl (C=O) groups excluding carboxylic acids is 3. The fraction of sp³-hybridized carbons (Fsp3) is 0.438. The molecular formula is C16H16Cl2N2O3S. The number of hydrogen-bond donors (Lipinski definition) is 1. The van der Waals surface area contributed by atoms with Crippen LogP contribution in [0, 0.1) is 0 Å². The normalized spacial score (nSPS) is 24.3. The summed E-state index contributed by atoms with van der Waals surface area (Å²) in [4.78, 5) is 37.9. The Morgan fingerprint density at radius 2 is 1.96 bits per heavy atom. The highest BCUT2D eigenvalue weighted by atomic mass is 35.5. The molecule has 3 amide bonds. The summed E-state index contributed by atoms with van der Waals surface area (Å²) in [5.41, 5.74) is 0.293. The lowest BCUT2D eigenvalue weighted by Crippen LogP contribution is -2.54. The lowest BCUT2D eigenvalue weighted by Gasteiger charge is -2.36. The van der Waals surface area contributed by atoms with Crippen LogP contribution in [0.25, 0.3) is 0 Å². The number of halogens is 2. The van der Waals surface area contributed by atoms with E-state index in [9.17, 15) is 14.4 Å². The molecule has 1 aromatic carbocycles. The van der Waals surface area contributed by atoms with Crippen molar-refractivity contribution in [1.82, 2.24) is 10.2 Å². The highest BCUT2D eigenvalue weighted by molar-refractivity contribution is 8.14. The van der Waals surface area contributed by atoms with Crippen molar-refractivity contribution in [2.75, 3.05) is 5.75 Å². The Hall–Kier alpha value is -1.24. The molecule has 1 aromatic rings. The van der Waals surface area contributed by atoms with Gasteiger partial charge >= 0.3 is 0 Å². The number of rotatable bonds is 3. The van der Waals surface area contributed by atoms with E-state index in [1.165, 1.54) is 11.0 Å². The molecule has 2 atom stereocenters. The molecule has 1 N–H and O–H groups in total. The van der Waals surface area contributed by atoms with Crippen LogP contribution < -0.4 is 5.32 Å². The van der Waals surface area contributed by atoms with E-state index in [1.807, 2.05) is 0 Å². The zero-order valence-electron chi connectivity index (χ0n) is 12.8. The second kappa shape index (κ2) is 7.33. The molecule has 1 saturated heterocycles. The van der Waals surface area contributed by atoms with Gasteiger partial charge in [-0.25, -0.2) is 0 Å². The maximum atomic E-state index is 12.6. The van der Waals surface area contributed by atoms with Crippen molar-refractivity contribution in [1.29, 1.82) is 0 Å². The molecule has 0 bridgehead atoms. The number of imide groups is 1. The third-order valence-electron chi connectivity index (χ3n) is 4.34. The minimum Gasteiger partial charge on any atom is -0.347 e. The molecule has 0 spiro atoms. The molecular weight excluding hydrogens is 371 g/mol. The molecule has 2 aliphatic rings. The third-order valence-corrected chi connectivity index (χ3v) is 5.73. The van der Waals surface area contributed by atoms with Crippen LogP contribution in [0.3, 0.4) is 0 Å². The van der Waals surface area contributed by atoms with Crippen LogP contribution in [0.15, 0.2) is 18.2 Å². The smallest absolute Gasteiger partial charge is 0.289 e. The Morgan fingerprint density at radius 1 is 1.21 bits per heavy atom. The van der Waals surface area contributed by atoms with Gasteiger partial charge in [0.15, 0.2) is 0 Å². The fourth-order valence-electron chi connectivity index (χ4n) is 3.19. The average Bonchev–Trinajstić information content (AvgIpc) is 2.89. The van der Waals surface area contributed by atoms with Crippen LogP contribution in [0.5, 0.6) is 0 Å². The predicted octanol–water partition coefficient (Wildman–Crippen LogP) is 3.73. The topological polar surface area (TPSA) is 66.5 Å². The first-order chi connectivity index (χ1) is 11.5. The number of benzene rings is 1. The van der Waals surface area contributed by atoms with Gasteiger partial charge in [0.05, 0.1) is 28.4 Å². The number of amides is 3. The van der Waals surface area contributed by atoms with Crippen LogP contribution >= 0.6 is 35.0 Å². The summed E-state index contributed by atoms with van der Waals surface area (Å²) in [5, 5.41) is 3.44. The van der Waals surface area contributed by atoms with Gasteiger partial charge in [-0.05, 0) is 31.0 Å². The number of nitrogens with zero attached hydrogens (tertiary/aromatic N) is 1. The van der Waals surface area contributed by atoms with E-state index >= 15 is 0 Å². The fourth-order valence-corrected chi connectivity index (χ4v) is 4.33. The van der Waals surface area contributed by atoms with E-state index in [1.54, 1.807) is 12.1 Å². The molecule has 1 saturated carbocycles. The molecule has 128 valence electrons. The molecule has 1 heterocycles. The monoisotopic (exact) mass is 386 g/mol. The largest absolute Gasteiger partial charge is 0.347 e. The minimum atomic E-state index is -0.342. The van der Waals surface area contributed by atoms with E-state index in [4.69, 9.17) is 23.2 Å². The van der Waals surface area contributed by atoms with Crippen LogP contribution in [0.4, 0.5) is 4.79 Å². The molecule has 0 aromatic heterocycles. The molecule has 2 fully saturated rings. The zero-order chi connectivity index (χ0) is 17.3. The van der Waals surface area contributed by atoms with Crippen molar-refractivity contribution >= 4 is 52.0 Å². The van der Waals surface area contributed by atoms with Gasteiger partial charge in [0.2, 0.25) is 5.91 Å². The summed E-state index contributed by atoms with van der Waals surface area (Å²) in [6.45, 7) is 0. The van der Waals surface area contributed by atoms with Gasteiger partial charge in [0.1, 0.15) is 0 Å². The van der Waals surface area contributed by atoms with Crippen molar-refractivity contribution in [2.45, 2.75) is 37.8 Å². The highest BCUT2D eigenvalue weighted by Crippen LogP contribution is 2.30. The van der Waals surface area contributed by atoms with Gasteiger partial charge in [-0.2, -0.15) is 0 Å². The second-order valence-corrected chi connectivity index (χ2v) is 7.64. The molecule has 1 aliphatic heterocycles. The first-order valence-electron chi connectivity index (χ1n) is 7.72. The van der Waals surface area contributed by atoms with Crippen molar-refractivity contribution in [2.24, 2.45) is 0 Å². The quantitative estimate of drug-likeness (QED) is 0.858. The van der Waals surface area contributed by atoms with Crippen LogP contribution in [-0.2, 0) is 4.79 Å². The standard InChI is InChI=1S/C16H16Cl2N2O3S/c17-9-5-6-11(18)10(7-9)15(22)19-12-3-1-2-4-13(12)20-14(21)8-24-16(20)23/h5-7,12-13H,1-4,8H2,(H,19,22)/t12-,13-/m0/s1. The number of carbonyl (C=O) groups is 3. The molecule has 24 heavy (non-hydrogen) atoms. The Balaban J connectivity index is 1.79. The first kappa shape index (κ1) is 17.6. The predicted molar refractivity (Wildman–Crippen MR) is 94.7 cm³/mol. The Bertz CT molecular complexity index is 682. The second-order valence-electron chi connectivity index (χ2n) is 5.87. The van der Waals surface area contributed by atoms with Crippen molar-refractivity contribution in [3.63, 3.8) is 0 Å². The summed E-state index contributed by atoms with van der Waals surface area (Å²) in [6.07, 6.45) is 3.29. The van der Waals surface area contributed by atoms with Gasteiger partial charge in [-0.15, -0.1) is 0 Å². The lowest BCUT2D eigenvalue weighted by molar-refractivity contribution is -0.127. The van der Waals surface area contributed by atoms with Crippen LogP contribution in [0.2, 0.25) is 10.0 Å². The van der Waals surface area contributed by atoms with Gasteiger partial charge in [0.25, 0.3) is 11.1 Å². The van der Waals surface area contributed by atoms with E-state index in [-0.39, 0.29) is 34.9 Å². The van der Waals surface area contributed by atoms with Gasteiger partial charge in [0, 0.05) is 5.02 Å². The van der Waals surface area contributed by atoms with Crippen LogP contribution in [-0.4, -0.2) is 39.8 Å². The Labute approximate surface area is 154 Å². The van der Waals surface area contributed by atoms with E-state index < -0.39 is 0 Å². The molecule has 0 unspecified atom stereocenters. The van der Waals surface area contributed by atoms with Gasteiger partial charge < -0.3 is 5.32 Å². The Kier molecular flexibility index (Phi) is 5.37. The summed E-state index contributed by atoms with van der Waals surface area (Å²) < 4.78 is 0. The van der Waals surface area contributed by atoms with Gasteiger partial charge in [-0.3, -0.25) is 19.3 Å². The average molecular weight is 387 g/mol. The molecule has 1 aliphatic carbocycles. The van der Waals surface area contributed by atoms with Crippen molar-refractivity contribution in [3.8, 4) is 0 Å². The minimum absolute atomic E-state index is 0.177. The maximum Gasteiger partial charge on any atom is 0.289 e. The van der Waals surface area contributed by atoms with Crippen molar-refractivity contribution < 1.29 is 14.4 Å². The zero-order valence-corrected chi connectivity index (χ0v) is 15.1. The first-order valence-corrected chi connectivity index (χ1v) is 9.46. The number of thioether (sulfide) groups is 1. The number of nitrogens with one attached hydrogen (secondary N) is 1. The van der Waals surface area contributed by atoms with Crippen molar-refractivity contribution in [3.05, 3.63) is 33.8 Å². The maximum absolute atomic E-state index is 12.6. The number of hydrogen-bond acceptors (Lipinski definition) is 4. The summed E-state index contributed by atoms with van der Waals surface area (Å²) in [6, 6.07) is 4.13. The SMILES string of the molecule is O=C(N[C@H]1CCCC[C@@H]1N1C(=O)CSC1=O)c1cc(Cl)ccc1Cl. The van der Waals surface area contributed by atoms with E-state index in [2.05, 4.69) is 5.32 Å². The molecule has 5 nitrogen and oxygen atoms in total. The van der Waals surface area contributed by atoms with E-state index in [0.29, 0.717) is 22.0 Å². The van der Waals surface area contributed by atoms with Gasteiger partial charge in [-0.1, -0.05) is 47.8 Å². The van der Waals surface area contributed by atoms with E-state index in [0.717, 1.165) is 31.0 Å². The summed E-state index contributed by atoms with van der Waals surface area (Å²) >= 11 is 13.0. The highest BCUT2D eigenvalue weighted by Gasteiger charge is 2.41. The molecule has 0 radical (unpaired) electrons.